The number of nitrogens with one attached hydrogen (secondary N) is 3. The van der Waals surface area contributed by atoms with Crippen molar-refractivity contribution in [2.45, 2.75) is 37.5 Å². The average Bonchev–Trinajstić information content (AvgIpc) is 3.18. The number of benzene rings is 4. The fraction of sp³-hybridized carbons (Fsp3) is 0.341. The number of piperazine rings is 1. The predicted molar refractivity (Wildman–Crippen MR) is 227 cm³/mol. The number of rotatable bonds is 13. The Morgan fingerprint density at radius 2 is 1.58 bits per heavy atom. The van der Waals surface area contributed by atoms with E-state index in [9.17, 15) is 13.8 Å². The Labute approximate surface area is 337 Å². The first-order valence-corrected chi connectivity index (χ1v) is 20.5. The Balaban J connectivity index is 1.16. The number of pyridine rings is 1. The number of carbonyl (C=O) groups is 2. The van der Waals surface area contributed by atoms with Crippen LogP contribution in [0.25, 0.3) is 10.8 Å². The van der Waals surface area contributed by atoms with E-state index in [4.69, 9.17) is 14.2 Å². The van der Waals surface area contributed by atoms with Gasteiger partial charge in [-0.3, -0.25) is 18.9 Å². The molecule has 13 heteroatoms. The quantitative estimate of drug-likeness (QED) is 0.112. The highest BCUT2D eigenvalue weighted by atomic mass is 32.2. The van der Waals surface area contributed by atoms with Gasteiger partial charge < -0.3 is 35.1 Å². The average molecular weight is 793 g/mol. The second-order valence-electron chi connectivity index (χ2n) is 15.2. The van der Waals surface area contributed by atoms with Gasteiger partial charge in [-0.2, -0.15) is 0 Å². The standard InChI is InChI=1S/C44H52N6O6S/c1-44(2,3)31-26-38(41(55-6)40(27-31)57(7)53)48-43(52)47-37-12-13-39(36-11-9-8-10-35(36)37)56-33-14-15-45-32(28-33)23-29-22-30(25-34(24-29)54-5)42(51)46-16-17-50-20-18-49(4)19-21-50/h8-15,22,24-28H,16-21,23H2,1-7H3,(H,46,51)(H2,47,48,52). The molecule has 0 saturated carbocycles. The van der Waals surface area contributed by atoms with E-state index in [1.54, 1.807) is 37.8 Å². The van der Waals surface area contributed by atoms with E-state index in [0.717, 1.165) is 60.3 Å². The van der Waals surface area contributed by atoms with Crippen molar-refractivity contribution in [1.29, 1.82) is 0 Å². The van der Waals surface area contributed by atoms with E-state index < -0.39 is 16.8 Å². The smallest absolute Gasteiger partial charge is 0.323 e. The molecule has 0 spiro atoms. The molecule has 1 saturated heterocycles. The summed E-state index contributed by atoms with van der Waals surface area (Å²) in [4.78, 5) is 36.4. The molecule has 1 aliphatic rings. The summed E-state index contributed by atoms with van der Waals surface area (Å²) in [6.07, 6.45) is 3.74. The summed E-state index contributed by atoms with van der Waals surface area (Å²) in [6, 6.07) is 23.7. The SMILES string of the molecule is COc1cc(Cc2cc(Oc3ccc(NC(=O)Nc4cc(C(C)(C)C)cc(S(C)=O)c4OC)c4ccccc34)ccn2)cc(C(=O)NCCN2CCN(C)CC2)c1. The van der Waals surface area contributed by atoms with E-state index in [0.29, 0.717) is 57.8 Å². The van der Waals surface area contributed by atoms with Gasteiger partial charge in [0.15, 0.2) is 5.75 Å². The van der Waals surface area contributed by atoms with Crippen molar-refractivity contribution < 1.29 is 28.0 Å². The Morgan fingerprint density at radius 1 is 0.842 bits per heavy atom. The van der Waals surface area contributed by atoms with Gasteiger partial charge in [-0.1, -0.05) is 45.0 Å². The van der Waals surface area contributed by atoms with Gasteiger partial charge in [0.25, 0.3) is 5.91 Å². The second-order valence-corrected chi connectivity index (χ2v) is 16.6. The van der Waals surface area contributed by atoms with E-state index >= 15 is 0 Å². The van der Waals surface area contributed by atoms with Crippen LogP contribution in [-0.2, 0) is 22.6 Å². The van der Waals surface area contributed by atoms with Crippen LogP contribution in [0.3, 0.4) is 0 Å². The molecule has 12 nitrogen and oxygen atoms in total. The summed E-state index contributed by atoms with van der Waals surface area (Å²) >= 11 is 0. The van der Waals surface area contributed by atoms with E-state index in [1.807, 2.05) is 60.7 Å². The third-order valence-electron chi connectivity index (χ3n) is 9.99. The van der Waals surface area contributed by atoms with Crippen LogP contribution in [0.4, 0.5) is 16.2 Å². The molecule has 0 aliphatic carbocycles. The van der Waals surface area contributed by atoms with Crippen LogP contribution in [0.2, 0.25) is 0 Å². The van der Waals surface area contributed by atoms with Crippen molar-refractivity contribution in [1.82, 2.24) is 20.1 Å². The number of hydrogen-bond acceptors (Lipinski definition) is 9. The Morgan fingerprint density at radius 3 is 2.28 bits per heavy atom. The minimum Gasteiger partial charge on any atom is -0.497 e. The van der Waals surface area contributed by atoms with Crippen molar-refractivity contribution in [2.75, 3.05) is 77.4 Å². The molecule has 4 aromatic carbocycles. The molecule has 300 valence electrons. The fourth-order valence-electron chi connectivity index (χ4n) is 6.76. The second kappa shape index (κ2) is 18.2. The van der Waals surface area contributed by atoms with Crippen LogP contribution < -0.4 is 30.2 Å². The molecule has 1 fully saturated rings. The lowest BCUT2D eigenvalue weighted by atomic mass is 9.86. The first-order chi connectivity index (χ1) is 27.3. The Hall–Kier alpha value is -5.50. The molecule has 57 heavy (non-hydrogen) atoms. The molecule has 1 unspecified atom stereocenters. The summed E-state index contributed by atoms with van der Waals surface area (Å²) in [7, 11) is 3.87. The van der Waals surface area contributed by atoms with Crippen LogP contribution in [0.15, 0.2) is 90.0 Å². The van der Waals surface area contributed by atoms with Crippen LogP contribution in [0.1, 0.15) is 48.0 Å². The van der Waals surface area contributed by atoms with Gasteiger partial charge in [-0.15, -0.1) is 0 Å². The number of fused-ring (bicyclic) bond motifs is 1. The van der Waals surface area contributed by atoms with Crippen LogP contribution in [-0.4, -0.2) is 97.7 Å². The number of likely N-dealkylation sites (N-methyl/N-ethyl adjacent to an activating group) is 1. The van der Waals surface area contributed by atoms with Crippen molar-refractivity contribution in [3.05, 3.63) is 107 Å². The molecule has 3 N–H and O–H groups in total. The largest absolute Gasteiger partial charge is 0.497 e. The molecule has 5 aromatic rings. The van der Waals surface area contributed by atoms with Gasteiger partial charge in [0.2, 0.25) is 0 Å². The number of carbonyl (C=O) groups excluding carboxylic acids is 2. The molecular formula is C44H52N6O6S. The zero-order valence-corrected chi connectivity index (χ0v) is 34.5. The number of aromatic nitrogens is 1. The number of amides is 3. The summed E-state index contributed by atoms with van der Waals surface area (Å²) in [6.45, 7) is 11.6. The third kappa shape index (κ3) is 10.5. The molecule has 1 aromatic heterocycles. The molecule has 3 amide bonds. The van der Waals surface area contributed by atoms with Gasteiger partial charge in [-0.05, 0) is 72.1 Å². The van der Waals surface area contributed by atoms with Crippen LogP contribution in [0, 0.1) is 0 Å². The van der Waals surface area contributed by atoms with E-state index in [-0.39, 0.29) is 11.3 Å². The zero-order chi connectivity index (χ0) is 40.7. The molecule has 2 heterocycles. The van der Waals surface area contributed by atoms with Crippen LogP contribution >= 0.6 is 0 Å². The lowest BCUT2D eigenvalue weighted by Gasteiger charge is -2.32. The van der Waals surface area contributed by atoms with Crippen molar-refractivity contribution >= 4 is 44.9 Å². The topological polar surface area (TPSA) is 134 Å². The lowest BCUT2D eigenvalue weighted by Crippen LogP contribution is -2.46. The lowest BCUT2D eigenvalue weighted by molar-refractivity contribution is 0.0940. The maximum absolute atomic E-state index is 13.5. The number of hydrogen-bond donors (Lipinski definition) is 3. The predicted octanol–water partition coefficient (Wildman–Crippen LogP) is 7.29. The van der Waals surface area contributed by atoms with Crippen molar-refractivity contribution in [3.8, 4) is 23.0 Å². The highest BCUT2D eigenvalue weighted by molar-refractivity contribution is 7.84. The summed E-state index contributed by atoms with van der Waals surface area (Å²) in [5.41, 5.74) is 3.83. The number of methoxy groups -OCH3 is 2. The number of ether oxygens (including phenoxy) is 3. The molecular weight excluding hydrogens is 741 g/mol. The maximum atomic E-state index is 13.5. The third-order valence-corrected chi connectivity index (χ3v) is 10.9. The summed E-state index contributed by atoms with van der Waals surface area (Å²) in [5, 5.41) is 10.5. The van der Waals surface area contributed by atoms with Crippen LogP contribution in [0.5, 0.6) is 23.0 Å². The molecule has 0 radical (unpaired) electrons. The molecule has 1 atom stereocenters. The van der Waals surface area contributed by atoms with Crippen molar-refractivity contribution in [3.63, 3.8) is 0 Å². The highest BCUT2D eigenvalue weighted by Gasteiger charge is 2.23. The Bertz CT molecular complexity index is 2270. The molecule has 1 aliphatic heterocycles. The number of urea groups is 1. The zero-order valence-electron chi connectivity index (χ0n) is 33.7. The number of anilines is 2. The minimum absolute atomic E-state index is 0.144. The van der Waals surface area contributed by atoms with Gasteiger partial charge in [0, 0.05) is 86.2 Å². The first kappa shape index (κ1) is 41.1. The molecule has 0 bridgehead atoms. The minimum atomic E-state index is -1.34. The monoisotopic (exact) mass is 792 g/mol. The van der Waals surface area contributed by atoms with Gasteiger partial charge in [0.1, 0.15) is 17.2 Å². The number of nitrogens with zero attached hydrogens (tertiary/aromatic N) is 3. The van der Waals surface area contributed by atoms with Gasteiger partial charge in [-0.25, -0.2) is 4.79 Å². The Kier molecular flexibility index (Phi) is 13.1. The van der Waals surface area contributed by atoms with Gasteiger partial charge >= 0.3 is 6.03 Å². The van der Waals surface area contributed by atoms with Gasteiger partial charge in [0.05, 0.1) is 41.3 Å². The summed E-state index contributed by atoms with van der Waals surface area (Å²) < 4.78 is 30.3. The highest BCUT2D eigenvalue weighted by Crippen LogP contribution is 2.38. The fourth-order valence-corrected chi connectivity index (χ4v) is 7.51. The van der Waals surface area contributed by atoms with Crippen molar-refractivity contribution in [2.24, 2.45) is 0 Å². The maximum Gasteiger partial charge on any atom is 0.323 e. The van der Waals surface area contributed by atoms with E-state index in [1.165, 1.54) is 7.11 Å². The first-order valence-electron chi connectivity index (χ1n) is 19.0. The molecule has 6 rings (SSSR count). The van der Waals surface area contributed by atoms with E-state index in [2.05, 4.69) is 58.6 Å². The normalized spacial score (nSPS) is 14.2. The summed E-state index contributed by atoms with van der Waals surface area (Å²) in [5.74, 6) is 1.99.